The van der Waals surface area contributed by atoms with Gasteiger partial charge in [0.1, 0.15) is 0 Å². The van der Waals surface area contributed by atoms with E-state index in [1.165, 1.54) is 12.8 Å². The molecule has 0 amide bonds. The fourth-order valence-electron chi connectivity index (χ4n) is 3.30. The molecule has 2 aromatic rings. The summed E-state index contributed by atoms with van der Waals surface area (Å²) in [4.78, 5) is 2.71. The number of aryl methyl sites for hydroxylation is 1. The van der Waals surface area contributed by atoms with Crippen molar-refractivity contribution in [3.05, 3.63) is 71.8 Å². The molecule has 1 aliphatic rings. The SMILES string of the molecule is Cc1ccc(S(=O)(=O)N(C/C=C/c2ccccc2)CCN2CCCC2)cc1. The predicted molar refractivity (Wildman–Crippen MR) is 111 cm³/mol. The molecule has 0 atom stereocenters. The van der Waals surface area contributed by atoms with Crippen LogP contribution in [-0.4, -0.2) is 50.3 Å². The summed E-state index contributed by atoms with van der Waals surface area (Å²) in [6.45, 7) is 5.76. The van der Waals surface area contributed by atoms with Gasteiger partial charge in [0, 0.05) is 19.6 Å². The Morgan fingerprint density at radius 3 is 2.33 bits per heavy atom. The minimum absolute atomic E-state index is 0.364. The highest BCUT2D eigenvalue weighted by atomic mass is 32.2. The molecule has 27 heavy (non-hydrogen) atoms. The summed E-state index contributed by atoms with van der Waals surface area (Å²) in [5.74, 6) is 0. The van der Waals surface area contributed by atoms with Gasteiger partial charge in [0.05, 0.1) is 4.90 Å². The Bertz CT molecular complexity index is 840. The number of sulfonamides is 1. The Morgan fingerprint density at radius 2 is 1.67 bits per heavy atom. The summed E-state index contributed by atoms with van der Waals surface area (Å²) in [5, 5.41) is 0. The van der Waals surface area contributed by atoms with Crippen LogP contribution in [0.15, 0.2) is 65.6 Å². The van der Waals surface area contributed by atoms with Crippen molar-refractivity contribution in [3.8, 4) is 0 Å². The van der Waals surface area contributed by atoms with Gasteiger partial charge >= 0.3 is 0 Å². The molecule has 1 heterocycles. The number of hydrogen-bond donors (Lipinski definition) is 0. The van der Waals surface area contributed by atoms with Crippen molar-refractivity contribution in [1.29, 1.82) is 0 Å². The van der Waals surface area contributed by atoms with E-state index >= 15 is 0 Å². The van der Waals surface area contributed by atoms with Crippen molar-refractivity contribution < 1.29 is 8.42 Å². The third-order valence-electron chi connectivity index (χ3n) is 4.94. The summed E-state index contributed by atoms with van der Waals surface area (Å²) in [5.41, 5.74) is 2.13. The largest absolute Gasteiger partial charge is 0.302 e. The van der Waals surface area contributed by atoms with Gasteiger partial charge in [-0.05, 0) is 50.6 Å². The second kappa shape index (κ2) is 9.31. The third-order valence-corrected chi connectivity index (χ3v) is 6.82. The number of hydrogen-bond acceptors (Lipinski definition) is 3. The summed E-state index contributed by atoms with van der Waals surface area (Å²) in [7, 11) is -3.51. The Hall–Kier alpha value is -1.95. The van der Waals surface area contributed by atoms with Gasteiger partial charge in [-0.1, -0.05) is 60.2 Å². The van der Waals surface area contributed by atoms with Crippen LogP contribution in [0.2, 0.25) is 0 Å². The minimum atomic E-state index is -3.51. The Kier molecular flexibility index (Phi) is 6.83. The van der Waals surface area contributed by atoms with E-state index in [4.69, 9.17) is 0 Å². The lowest BCUT2D eigenvalue weighted by molar-refractivity contribution is 0.303. The molecule has 0 bridgehead atoms. The van der Waals surface area contributed by atoms with E-state index < -0.39 is 10.0 Å². The zero-order valence-electron chi connectivity index (χ0n) is 15.9. The van der Waals surface area contributed by atoms with Crippen molar-refractivity contribution in [2.45, 2.75) is 24.7 Å². The van der Waals surface area contributed by atoms with Gasteiger partial charge in [0.25, 0.3) is 0 Å². The number of nitrogens with zero attached hydrogens (tertiary/aromatic N) is 2. The van der Waals surface area contributed by atoms with Crippen molar-refractivity contribution in [2.75, 3.05) is 32.7 Å². The van der Waals surface area contributed by atoms with Crippen molar-refractivity contribution in [1.82, 2.24) is 9.21 Å². The lowest BCUT2D eigenvalue weighted by Gasteiger charge is -2.24. The monoisotopic (exact) mass is 384 g/mol. The normalized spacial score (nSPS) is 15.8. The van der Waals surface area contributed by atoms with Crippen LogP contribution in [0.1, 0.15) is 24.0 Å². The van der Waals surface area contributed by atoms with Crippen molar-refractivity contribution >= 4 is 16.1 Å². The molecule has 4 nitrogen and oxygen atoms in total. The van der Waals surface area contributed by atoms with Crippen LogP contribution in [0, 0.1) is 6.92 Å². The second-order valence-electron chi connectivity index (χ2n) is 7.04. The Balaban J connectivity index is 1.75. The maximum atomic E-state index is 13.2. The third kappa shape index (κ3) is 5.51. The highest BCUT2D eigenvalue weighted by molar-refractivity contribution is 7.89. The van der Waals surface area contributed by atoms with Crippen molar-refractivity contribution in [3.63, 3.8) is 0 Å². The topological polar surface area (TPSA) is 40.6 Å². The lowest BCUT2D eigenvalue weighted by Crippen LogP contribution is -2.38. The molecule has 0 N–H and O–H groups in total. The van der Waals surface area contributed by atoms with Crippen molar-refractivity contribution in [2.24, 2.45) is 0 Å². The van der Waals surface area contributed by atoms with Gasteiger partial charge in [0.15, 0.2) is 0 Å². The summed E-state index contributed by atoms with van der Waals surface area (Å²) in [6.07, 6.45) is 6.33. The summed E-state index contributed by atoms with van der Waals surface area (Å²) >= 11 is 0. The lowest BCUT2D eigenvalue weighted by atomic mass is 10.2. The minimum Gasteiger partial charge on any atom is -0.302 e. The van der Waals surface area contributed by atoms with Crippen LogP contribution in [0.5, 0.6) is 0 Å². The van der Waals surface area contributed by atoms with E-state index in [1.807, 2.05) is 61.5 Å². The molecule has 3 rings (SSSR count). The predicted octanol–water partition coefficient (Wildman–Crippen LogP) is 3.79. The van der Waals surface area contributed by atoms with Crippen LogP contribution in [0.3, 0.4) is 0 Å². The average Bonchev–Trinajstić information content (AvgIpc) is 3.19. The molecular weight excluding hydrogens is 356 g/mol. The molecule has 1 saturated heterocycles. The van der Waals surface area contributed by atoms with E-state index in [1.54, 1.807) is 16.4 Å². The zero-order valence-corrected chi connectivity index (χ0v) is 16.7. The van der Waals surface area contributed by atoms with Gasteiger partial charge in [-0.2, -0.15) is 4.31 Å². The van der Waals surface area contributed by atoms with Crippen LogP contribution in [-0.2, 0) is 10.0 Å². The van der Waals surface area contributed by atoms with E-state index in [2.05, 4.69) is 4.90 Å². The molecule has 1 aliphatic heterocycles. The smallest absolute Gasteiger partial charge is 0.243 e. The molecular formula is C22H28N2O2S. The molecule has 0 unspecified atom stereocenters. The maximum absolute atomic E-state index is 13.2. The number of likely N-dealkylation sites (tertiary alicyclic amines) is 1. The fourth-order valence-corrected chi connectivity index (χ4v) is 4.68. The quantitative estimate of drug-likeness (QED) is 0.695. The molecule has 0 radical (unpaired) electrons. The van der Waals surface area contributed by atoms with E-state index in [0.29, 0.717) is 18.0 Å². The summed E-state index contributed by atoms with van der Waals surface area (Å²) in [6, 6.07) is 17.1. The Labute approximate surface area is 163 Å². The molecule has 5 heteroatoms. The highest BCUT2D eigenvalue weighted by Crippen LogP contribution is 2.17. The first-order chi connectivity index (χ1) is 13.1. The number of benzene rings is 2. The first-order valence-electron chi connectivity index (χ1n) is 9.56. The second-order valence-corrected chi connectivity index (χ2v) is 8.98. The zero-order chi connectivity index (χ0) is 19.1. The fraction of sp³-hybridized carbons (Fsp3) is 0.364. The first kappa shape index (κ1) is 19.8. The van der Waals surface area contributed by atoms with Crippen LogP contribution in [0.4, 0.5) is 0 Å². The van der Waals surface area contributed by atoms with E-state index in [9.17, 15) is 8.42 Å². The van der Waals surface area contributed by atoms with E-state index in [-0.39, 0.29) is 0 Å². The molecule has 2 aromatic carbocycles. The van der Waals surface area contributed by atoms with Crippen LogP contribution in [0.25, 0.3) is 6.08 Å². The van der Waals surface area contributed by atoms with Gasteiger partial charge < -0.3 is 4.90 Å². The molecule has 1 fully saturated rings. The van der Waals surface area contributed by atoms with Gasteiger partial charge in [-0.25, -0.2) is 8.42 Å². The highest BCUT2D eigenvalue weighted by Gasteiger charge is 2.24. The average molecular weight is 385 g/mol. The molecule has 0 saturated carbocycles. The van der Waals surface area contributed by atoms with E-state index in [0.717, 1.165) is 30.8 Å². The Morgan fingerprint density at radius 1 is 1.00 bits per heavy atom. The standard InChI is InChI=1S/C22H28N2O2S/c1-20-11-13-22(14-12-20)27(25,26)24(19-18-23-15-5-6-16-23)17-7-10-21-8-3-2-4-9-21/h2-4,7-14H,5-6,15-19H2,1H3/b10-7+. The van der Waals surface area contributed by atoms with Crippen LogP contribution >= 0.6 is 0 Å². The van der Waals surface area contributed by atoms with Gasteiger partial charge in [0.2, 0.25) is 10.0 Å². The summed E-state index contributed by atoms with van der Waals surface area (Å²) < 4.78 is 27.9. The first-order valence-corrected chi connectivity index (χ1v) is 11.0. The van der Waals surface area contributed by atoms with Gasteiger partial charge in [-0.15, -0.1) is 0 Å². The molecule has 0 aliphatic carbocycles. The van der Waals surface area contributed by atoms with Crippen LogP contribution < -0.4 is 0 Å². The number of rotatable bonds is 8. The maximum Gasteiger partial charge on any atom is 0.243 e. The van der Waals surface area contributed by atoms with Gasteiger partial charge in [-0.3, -0.25) is 0 Å². The molecule has 0 aromatic heterocycles. The molecule has 0 spiro atoms. The molecule has 144 valence electrons.